The summed E-state index contributed by atoms with van der Waals surface area (Å²) in [5.74, 6) is 0.623. The molecule has 0 saturated heterocycles. The van der Waals surface area contributed by atoms with Crippen molar-refractivity contribution in [2.45, 2.75) is 64.0 Å². The first-order valence-electron chi connectivity index (χ1n) is 7.17. The molecule has 0 bridgehead atoms. The molecule has 0 amide bonds. The molecule has 0 aromatic heterocycles. The minimum atomic E-state index is -0.882. The van der Waals surface area contributed by atoms with Crippen molar-refractivity contribution in [3.8, 4) is 0 Å². The Morgan fingerprint density at radius 2 is 1.74 bits per heavy atom. The molecule has 0 fully saturated rings. The number of benzene rings is 1. The topological polar surface area (TPSA) is 43.1 Å². The average Bonchev–Trinajstić information content (AvgIpc) is 2.28. The lowest BCUT2D eigenvalue weighted by molar-refractivity contribution is 0.549. The summed E-state index contributed by atoms with van der Waals surface area (Å²) < 4.78 is 12.5. The van der Waals surface area contributed by atoms with Crippen LogP contribution in [0.15, 0.2) is 18.2 Å². The molecule has 0 spiro atoms. The fourth-order valence-electron chi connectivity index (χ4n) is 2.63. The van der Waals surface area contributed by atoms with E-state index in [0.29, 0.717) is 5.75 Å². The van der Waals surface area contributed by atoms with E-state index in [0.717, 1.165) is 24.8 Å². The fraction of sp³-hybridized carbons (Fsp3) is 0.625. The minimum Gasteiger partial charge on any atom is -0.327 e. The summed E-state index contributed by atoms with van der Waals surface area (Å²) in [5, 5.41) is 0.112. The molecule has 1 aromatic carbocycles. The van der Waals surface area contributed by atoms with Crippen LogP contribution < -0.4 is 5.73 Å². The molecule has 1 aromatic rings. The summed E-state index contributed by atoms with van der Waals surface area (Å²) in [6, 6.07) is 6.46. The molecule has 19 heavy (non-hydrogen) atoms. The Labute approximate surface area is 120 Å². The summed E-state index contributed by atoms with van der Waals surface area (Å²) in [7, 11) is -0.882. The van der Waals surface area contributed by atoms with E-state index in [1.54, 1.807) is 0 Å². The molecule has 0 aliphatic heterocycles. The van der Waals surface area contributed by atoms with E-state index in [-0.39, 0.29) is 11.3 Å². The quantitative estimate of drug-likeness (QED) is 0.831. The molecule has 0 heterocycles. The van der Waals surface area contributed by atoms with Crippen molar-refractivity contribution in [3.05, 3.63) is 34.9 Å². The Hall–Kier alpha value is -0.670. The molecular weight excluding hydrogens is 254 g/mol. The SMILES string of the molecule is CCCC(N)C(CC)S(=O)Cc1cc(C)cc(C)c1. The van der Waals surface area contributed by atoms with Crippen LogP contribution in [0.2, 0.25) is 0 Å². The van der Waals surface area contributed by atoms with Gasteiger partial charge in [-0.3, -0.25) is 4.21 Å². The average molecular weight is 281 g/mol. The number of rotatable bonds is 7. The summed E-state index contributed by atoms with van der Waals surface area (Å²) in [5.41, 5.74) is 9.79. The van der Waals surface area contributed by atoms with Gasteiger partial charge in [-0.25, -0.2) is 0 Å². The highest BCUT2D eigenvalue weighted by molar-refractivity contribution is 7.84. The normalized spacial score (nSPS) is 16.1. The second kappa shape index (κ2) is 7.81. The van der Waals surface area contributed by atoms with Crippen LogP contribution in [-0.2, 0) is 16.6 Å². The predicted octanol–water partition coefficient (Wildman–Crippen LogP) is 3.46. The van der Waals surface area contributed by atoms with E-state index >= 15 is 0 Å². The largest absolute Gasteiger partial charge is 0.327 e. The van der Waals surface area contributed by atoms with Gasteiger partial charge in [0.25, 0.3) is 0 Å². The molecule has 2 nitrogen and oxygen atoms in total. The summed E-state index contributed by atoms with van der Waals surface area (Å²) >= 11 is 0. The van der Waals surface area contributed by atoms with E-state index in [9.17, 15) is 4.21 Å². The lowest BCUT2D eigenvalue weighted by atomic mass is 10.1. The van der Waals surface area contributed by atoms with Gasteiger partial charge in [-0.15, -0.1) is 0 Å². The standard InChI is InChI=1S/C16H27NOS/c1-5-7-15(17)16(6-2)19(18)11-14-9-12(3)8-13(4)10-14/h8-10,15-16H,5-7,11,17H2,1-4H3. The summed E-state index contributed by atoms with van der Waals surface area (Å²) in [4.78, 5) is 0. The van der Waals surface area contributed by atoms with Gasteiger partial charge in [0.1, 0.15) is 0 Å². The highest BCUT2D eigenvalue weighted by atomic mass is 32.2. The van der Waals surface area contributed by atoms with E-state index in [1.165, 1.54) is 11.1 Å². The zero-order chi connectivity index (χ0) is 14.4. The Kier molecular flexibility index (Phi) is 6.73. The number of hydrogen-bond donors (Lipinski definition) is 1. The first-order chi connectivity index (χ1) is 8.97. The molecule has 2 N–H and O–H groups in total. The van der Waals surface area contributed by atoms with Crippen LogP contribution in [0, 0.1) is 13.8 Å². The van der Waals surface area contributed by atoms with Crippen LogP contribution in [0.5, 0.6) is 0 Å². The molecule has 3 heteroatoms. The second-order valence-corrected chi connectivity index (χ2v) is 7.08. The van der Waals surface area contributed by atoms with Gasteiger partial charge in [-0.1, -0.05) is 49.6 Å². The molecule has 1 rings (SSSR count). The van der Waals surface area contributed by atoms with Gasteiger partial charge in [0.05, 0.1) is 0 Å². The van der Waals surface area contributed by atoms with Gasteiger partial charge < -0.3 is 5.73 Å². The molecule has 0 saturated carbocycles. The fourth-order valence-corrected chi connectivity index (χ4v) is 4.23. The third-order valence-electron chi connectivity index (χ3n) is 3.43. The lowest BCUT2D eigenvalue weighted by Gasteiger charge is -2.21. The molecule has 0 aliphatic rings. The summed E-state index contributed by atoms with van der Waals surface area (Å²) in [6.45, 7) is 8.37. The van der Waals surface area contributed by atoms with Crippen molar-refractivity contribution in [2.75, 3.05) is 0 Å². The van der Waals surface area contributed by atoms with Gasteiger partial charge in [0.2, 0.25) is 0 Å². The van der Waals surface area contributed by atoms with E-state index < -0.39 is 10.8 Å². The minimum absolute atomic E-state index is 0.0572. The molecule has 3 atom stereocenters. The molecule has 3 unspecified atom stereocenters. The number of nitrogens with two attached hydrogens (primary N) is 1. The van der Waals surface area contributed by atoms with Crippen LogP contribution in [0.4, 0.5) is 0 Å². The molecule has 108 valence electrons. The van der Waals surface area contributed by atoms with Crippen LogP contribution >= 0.6 is 0 Å². The third kappa shape index (κ3) is 5.07. The zero-order valence-corrected chi connectivity index (χ0v) is 13.4. The van der Waals surface area contributed by atoms with E-state index in [4.69, 9.17) is 5.73 Å². The summed E-state index contributed by atoms with van der Waals surface area (Å²) in [6.07, 6.45) is 2.90. The highest BCUT2D eigenvalue weighted by Gasteiger charge is 2.21. The van der Waals surface area contributed by atoms with Crippen LogP contribution in [0.1, 0.15) is 49.8 Å². The van der Waals surface area contributed by atoms with Crippen molar-refractivity contribution < 1.29 is 4.21 Å². The van der Waals surface area contributed by atoms with Gasteiger partial charge in [0, 0.05) is 27.8 Å². The first kappa shape index (κ1) is 16.4. The molecule has 0 radical (unpaired) electrons. The number of hydrogen-bond acceptors (Lipinski definition) is 2. The highest BCUT2D eigenvalue weighted by Crippen LogP contribution is 2.17. The Balaban J connectivity index is 2.76. The van der Waals surface area contributed by atoms with Gasteiger partial charge in [-0.05, 0) is 32.3 Å². The first-order valence-corrected chi connectivity index (χ1v) is 8.56. The van der Waals surface area contributed by atoms with Crippen molar-refractivity contribution in [2.24, 2.45) is 5.73 Å². The molecule has 0 aliphatic carbocycles. The van der Waals surface area contributed by atoms with Crippen LogP contribution in [0.3, 0.4) is 0 Å². The Morgan fingerprint density at radius 1 is 1.16 bits per heavy atom. The third-order valence-corrected chi connectivity index (χ3v) is 5.41. The maximum atomic E-state index is 12.5. The smallest absolute Gasteiger partial charge is 0.0499 e. The van der Waals surface area contributed by atoms with Crippen LogP contribution in [-0.4, -0.2) is 15.5 Å². The predicted molar refractivity (Wildman–Crippen MR) is 84.7 cm³/mol. The maximum Gasteiger partial charge on any atom is 0.0499 e. The monoisotopic (exact) mass is 281 g/mol. The molecular formula is C16H27NOS. The lowest BCUT2D eigenvalue weighted by Crippen LogP contribution is -2.37. The van der Waals surface area contributed by atoms with Crippen molar-refractivity contribution >= 4 is 10.8 Å². The Bertz CT molecular complexity index is 411. The van der Waals surface area contributed by atoms with Gasteiger partial charge in [0.15, 0.2) is 0 Å². The van der Waals surface area contributed by atoms with Crippen molar-refractivity contribution in [1.29, 1.82) is 0 Å². The number of aryl methyl sites for hydroxylation is 2. The van der Waals surface area contributed by atoms with Crippen molar-refractivity contribution in [3.63, 3.8) is 0 Å². The Morgan fingerprint density at radius 3 is 2.21 bits per heavy atom. The van der Waals surface area contributed by atoms with Crippen LogP contribution in [0.25, 0.3) is 0 Å². The maximum absolute atomic E-state index is 12.5. The second-order valence-electron chi connectivity index (χ2n) is 5.42. The van der Waals surface area contributed by atoms with Gasteiger partial charge >= 0.3 is 0 Å². The van der Waals surface area contributed by atoms with E-state index in [1.807, 2.05) is 0 Å². The van der Waals surface area contributed by atoms with E-state index in [2.05, 4.69) is 45.9 Å². The zero-order valence-electron chi connectivity index (χ0n) is 12.6. The van der Waals surface area contributed by atoms with Crippen molar-refractivity contribution in [1.82, 2.24) is 0 Å². The van der Waals surface area contributed by atoms with Gasteiger partial charge in [-0.2, -0.15) is 0 Å².